The molecule has 0 spiro atoms. The Morgan fingerprint density at radius 1 is 1.11 bits per heavy atom. The van der Waals surface area contributed by atoms with Crippen LogP contribution in [0.25, 0.3) is 0 Å². The third kappa shape index (κ3) is 3.22. The molecule has 1 N–H and O–H groups in total. The Bertz CT molecular complexity index is 548. The number of furan rings is 1. The number of carboxylic acids is 1. The summed E-state index contributed by atoms with van der Waals surface area (Å²) < 4.78 is 5.07. The number of benzene rings is 1. The molecule has 0 aliphatic carbocycles. The fourth-order valence-electron chi connectivity index (χ4n) is 1.70. The summed E-state index contributed by atoms with van der Waals surface area (Å²) in [6.07, 6.45) is 1.29. The molecule has 0 atom stereocenters. The molecule has 0 unspecified atom stereocenters. The first kappa shape index (κ1) is 12.9. The van der Waals surface area contributed by atoms with Gasteiger partial charge in [-0.25, -0.2) is 0 Å². The topological polar surface area (TPSA) is 70.8 Å². The Kier molecular flexibility index (Phi) is 3.97. The van der Waals surface area contributed by atoms with Crippen molar-refractivity contribution in [3.63, 3.8) is 0 Å². The van der Waals surface area contributed by atoms with Crippen LogP contribution in [0.1, 0.15) is 17.0 Å². The van der Waals surface area contributed by atoms with Gasteiger partial charge in [0.2, 0.25) is 0 Å². The summed E-state index contributed by atoms with van der Waals surface area (Å²) >= 11 is 0. The van der Waals surface area contributed by atoms with Crippen LogP contribution in [0, 0.1) is 0 Å². The van der Waals surface area contributed by atoms with Crippen LogP contribution in [0.15, 0.2) is 53.1 Å². The normalized spacial score (nSPS) is 10.1. The number of para-hydroxylation sites is 1. The summed E-state index contributed by atoms with van der Waals surface area (Å²) in [5, 5.41) is 8.76. The van der Waals surface area contributed by atoms with Gasteiger partial charge in [-0.15, -0.1) is 0 Å². The van der Waals surface area contributed by atoms with E-state index in [4.69, 9.17) is 9.52 Å². The van der Waals surface area contributed by atoms with E-state index in [0.29, 0.717) is 5.69 Å². The molecule has 0 bridgehead atoms. The first-order valence-electron chi connectivity index (χ1n) is 5.80. The summed E-state index contributed by atoms with van der Waals surface area (Å²) in [7, 11) is 0. The Labute approximate surface area is 110 Å². The van der Waals surface area contributed by atoms with E-state index in [9.17, 15) is 9.59 Å². The Balaban J connectivity index is 2.24. The number of carbonyl (C=O) groups excluding carboxylic acids is 1. The Morgan fingerprint density at radius 3 is 2.42 bits per heavy atom. The summed E-state index contributed by atoms with van der Waals surface area (Å²) in [5.74, 6) is -1.11. The van der Waals surface area contributed by atoms with Crippen molar-refractivity contribution in [2.75, 3.05) is 11.4 Å². The Morgan fingerprint density at radius 2 is 1.84 bits per heavy atom. The zero-order valence-electron chi connectivity index (χ0n) is 10.2. The summed E-state index contributed by atoms with van der Waals surface area (Å²) in [4.78, 5) is 24.3. The number of nitrogens with zero attached hydrogens (tertiary/aromatic N) is 1. The molecule has 0 aliphatic heterocycles. The monoisotopic (exact) mass is 259 g/mol. The Hall–Kier alpha value is -2.56. The number of aliphatic carboxylic acids is 1. The van der Waals surface area contributed by atoms with Gasteiger partial charge < -0.3 is 14.4 Å². The van der Waals surface area contributed by atoms with Crippen LogP contribution in [0.3, 0.4) is 0 Å². The van der Waals surface area contributed by atoms with E-state index < -0.39 is 5.97 Å². The largest absolute Gasteiger partial charge is 0.481 e. The van der Waals surface area contributed by atoms with Crippen molar-refractivity contribution in [1.82, 2.24) is 0 Å². The van der Waals surface area contributed by atoms with Crippen molar-refractivity contribution in [2.24, 2.45) is 0 Å². The minimum atomic E-state index is -0.951. The van der Waals surface area contributed by atoms with Gasteiger partial charge in [0.1, 0.15) is 0 Å². The maximum atomic E-state index is 12.3. The molecule has 0 saturated carbocycles. The van der Waals surface area contributed by atoms with E-state index in [2.05, 4.69) is 0 Å². The predicted octanol–water partition coefficient (Wildman–Crippen LogP) is 2.40. The van der Waals surface area contributed by atoms with Gasteiger partial charge in [-0.1, -0.05) is 18.2 Å². The van der Waals surface area contributed by atoms with Crippen LogP contribution in [0.2, 0.25) is 0 Å². The second-order valence-corrected chi connectivity index (χ2v) is 3.91. The van der Waals surface area contributed by atoms with Crippen LogP contribution < -0.4 is 4.90 Å². The average molecular weight is 259 g/mol. The third-order valence-corrected chi connectivity index (χ3v) is 2.59. The second kappa shape index (κ2) is 5.86. The minimum absolute atomic E-state index is 0.0961. The molecule has 0 fully saturated rings. The van der Waals surface area contributed by atoms with E-state index in [0.717, 1.165) is 0 Å². The lowest BCUT2D eigenvalue weighted by Crippen LogP contribution is -2.32. The number of hydrogen-bond donors (Lipinski definition) is 1. The van der Waals surface area contributed by atoms with Crippen LogP contribution in [0.4, 0.5) is 5.69 Å². The predicted molar refractivity (Wildman–Crippen MR) is 69.1 cm³/mol. The maximum Gasteiger partial charge on any atom is 0.305 e. The molecule has 5 heteroatoms. The fraction of sp³-hybridized carbons (Fsp3) is 0.143. The molecule has 0 radical (unpaired) electrons. The number of carbonyl (C=O) groups is 2. The maximum absolute atomic E-state index is 12.3. The van der Waals surface area contributed by atoms with Crippen molar-refractivity contribution in [1.29, 1.82) is 0 Å². The van der Waals surface area contributed by atoms with Gasteiger partial charge >= 0.3 is 5.97 Å². The highest BCUT2D eigenvalue weighted by molar-refractivity contribution is 6.04. The van der Waals surface area contributed by atoms with Crippen LogP contribution in [0.5, 0.6) is 0 Å². The molecule has 1 amide bonds. The smallest absolute Gasteiger partial charge is 0.305 e. The first-order valence-corrected chi connectivity index (χ1v) is 5.80. The quantitative estimate of drug-likeness (QED) is 0.895. The molecule has 5 nitrogen and oxygen atoms in total. The average Bonchev–Trinajstić information content (AvgIpc) is 2.93. The number of carboxylic acid groups (broad SMARTS) is 1. The van der Waals surface area contributed by atoms with Gasteiger partial charge in [-0.2, -0.15) is 0 Å². The molecule has 19 heavy (non-hydrogen) atoms. The van der Waals surface area contributed by atoms with Crippen molar-refractivity contribution in [2.45, 2.75) is 6.42 Å². The van der Waals surface area contributed by atoms with Gasteiger partial charge in [0, 0.05) is 12.2 Å². The van der Waals surface area contributed by atoms with Crippen LogP contribution >= 0.6 is 0 Å². The molecule has 1 heterocycles. The standard InChI is InChI=1S/C14H13NO4/c16-13(17)8-9-15(11-5-2-1-3-6-11)14(18)12-7-4-10-19-12/h1-7,10H,8-9H2,(H,16,17). The second-order valence-electron chi connectivity index (χ2n) is 3.91. The van der Waals surface area contributed by atoms with Crippen LogP contribution in [-0.4, -0.2) is 23.5 Å². The molecule has 98 valence electrons. The number of hydrogen-bond acceptors (Lipinski definition) is 3. The van der Waals surface area contributed by atoms with Gasteiger partial charge in [0.25, 0.3) is 5.91 Å². The molecule has 0 saturated heterocycles. The molecule has 1 aromatic heterocycles. The summed E-state index contributed by atoms with van der Waals surface area (Å²) in [5.41, 5.74) is 0.644. The van der Waals surface area contributed by atoms with Crippen molar-refractivity contribution >= 4 is 17.6 Å². The van der Waals surface area contributed by atoms with Gasteiger partial charge in [-0.05, 0) is 24.3 Å². The molecule has 2 rings (SSSR count). The minimum Gasteiger partial charge on any atom is -0.481 e. The third-order valence-electron chi connectivity index (χ3n) is 2.59. The molecular formula is C14H13NO4. The summed E-state index contributed by atoms with van der Waals surface area (Å²) in [6.45, 7) is 0.0961. The molecule has 1 aromatic carbocycles. The highest BCUT2D eigenvalue weighted by Crippen LogP contribution is 2.17. The lowest BCUT2D eigenvalue weighted by Gasteiger charge is -2.20. The SMILES string of the molecule is O=C(O)CCN(C(=O)c1ccco1)c1ccccc1. The van der Waals surface area contributed by atoms with Crippen molar-refractivity contribution < 1.29 is 19.1 Å². The van der Waals surface area contributed by atoms with Crippen LogP contribution in [-0.2, 0) is 4.79 Å². The van der Waals surface area contributed by atoms with Gasteiger partial charge in [0.15, 0.2) is 5.76 Å². The van der Waals surface area contributed by atoms with Gasteiger partial charge in [-0.3, -0.25) is 9.59 Å². The van der Waals surface area contributed by atoms with E-state index in [1.807, 2.05) is 6.07 Å². The van der Waals surface area contributed by atoms with Crippen molar-refractivity contribution in [3.05, 3.63) is 54.5 Å². The lowest BCUT2D eigenvalue weighted by molar-refractivity contribution is -0.136. The van der Waals surface area contributed by atoms with E-state index in [1.165, 1.54) is 11.2 Å². The lowest BCUT2D eigenvalue weighted by atomic mass is 10.2. The fourth-order valence-corrected chi connectivity index (χ4v) is 1.70. The highest BCUT2D eigenvalue weighted by atomic mass is 16.4. The highest BCUT2D eigenvalue weighted by Gasteiger charge is 2.20. The summed E-state index contributed by atoms with van der Waals surface area (Å²) in [6, 6.07) is 12.1. The zero-order chi connectivity index (χ0) is 13.7. The number of anilines is 1. The van der Waals surface area contributed by atoms with Gasteiger partial charge in [0.05, 0.1) is 12.7 Å². The van der Waals surface area contributed by atoms with Crippen molar-refractivity contribution in [3.8, 4) is 0 Å². The first-order chi connectivity index (χ1) is 9.18. The number of rotatable bonds is 5. The molecule has 0 aliphatic rings. The zero-order valence-corrected chi connectivity index (χ0v) is 10.2. The van der Waals surface area contributed by atoms with E-state index in [1.54, 1.807) is 36.4 Å². The number of amides is 1. The molecule has 2 aromatic rings. The van der Waals surface area contributed by atoms with E-state index >= 15 is 0 Å². The van der Waals surface area contributed by atoms with E-state index in [-0.39, 0.29) is 24.6 Å². The molecular weight excluding hydrogens is 246 g/mol.